The van der Waals surface area contributed by atoms with Gasteiger partial charge >= 0.3 is 0 Å². The van der Waals surface area contributed by atoms with Crippen molar-refractivity contribution in [2.24, 2.45) is 0 Å². The minimum Gasteiger partial charge on any atom is -0.368 e. The summed E-state index contributed by atoms with van der Waals surface area (Å²) >= 11 is 0. The maximum atomic E-state index is 4.70. The number of fused-ring (bicyclic) bond motifs is 1. The summed E-state index contributed by atoms with van der Waals surface area (Å²) in [4.78, 5) is 17.5. The lowest BCUT2D eigenvalue weighted by Crippen LogP contribution is -2.43. The maximum Gasteiger partial charge on any atom is 0.116 e. The fourth-order valence-electron chi connectivity index (χ4n) is 5.29. The van der Waals surface area contributed by atoms with Crippen LogP contribution in [-0.2, 0) is 0 Å². The molecule has 0 spiro atoms. The van der Waals surface area contributed by atoms with Crippen LogP contribution in [0.4, 0.5) is 5.69 Å². The zero-order valence-electron chi connectivity index (χ0n) is 23.5. The smallest absolute Gasteiger partial charge is 0.116 e. The number of pyridine rings is 2. The molecule has 1 saturated heterocycles. The van der Waals surface area contributed by atoms with E-state index >= 15 is 0 Å². The fraction of sp³-hybridized carbons (Fsp3) is 0.182. The van der Waals surface area contributed by atoms with Gasteiger partial charge in [-0.2, -0.15) is 5.10 Å². The van der Waals surface area contributed by atoms with E-state index in [1.54, 1.807) is 6.20 Å². The topological polar surface area (TPSA) is 88.8 Å². The van der Waals surface area contributed by atoms with Crippen LogP contribution in [0.5, 0.6) is 0 Å². The summed E-state index contributed by atoms with van der Waals surface area (Å²) in [6.07, 6.45) is 9.42. The van der Waals surface area contributed by atoms with E-state index in [0.717, 1.165) is 87.9 Å². The standard InChI is InChI=1S/C33H34N8/c1-5-9-32(41-14-12-40(4)13-15-41)27-17-30(37-23(27)3)33-28-18-29(35-21-31(28)38-39-33)25-16-26(20-34-19-25)36-22(2)24-10-7-6-8-11-24/h5-11,16-21,36-37H,1-2,12-15H2,3-4H3,(H,38,39)/b32-9+. The SMILES string of the molecule is C=C/C=C(\c1cc(-c2n[nH]c3cnc(-c4cncc(NC(=C)c5ccccc5)c4)cc23)[nH]c1C)N1CCN(C)CC1. The first-order valence-corrected chi connectivity index (χ1v) is 13.8. The number of aryl methyl sites for hydroxylation is 1. The van der Waals surface area contributed by atoms with Crippen molar-refractivity contribution in [1.82, 2.24) is 34.9 Å². The predicted octanol–water partition coefficient (Wildman–Crippen LogP) is 6.18. The molecular weight excluding hydrogens is 508 g/mol. The highest BCUT2D eigenvalue weighted by Gasteiger charge is 2.21. The van der Waals surface area contributed by atoms with Gasteiger partial charge in [0, 0.05) is 66.0 Å². The van der Waals surface area contributed by atoms with Gasteiger partial charge in [0.25, 0.3) is 0 Å². The van der Waals surface area contributed by atoms with Crippen molar-refractivity contribution in [3.05, 3.63) is 109 Å². The number of hydrogen-bond acceptors (Lipinski definition) is 6. The number of aromatic amines is 2. The molecule has 3 N–H and O–H groups in total. The number of aromatic nitrogens is 5. The lowest BCUT2D eigenvalue weighted by atomic mass is 10.1. The normalized spacial score (nSPS) is 14.4. The van der Waals surface area contributed by atoms with Gasteiger partial charge in [0.1, 0.15) is 5.69 Å². The Morgan fingerprint density at radius 3 is 2.61 bits per heavy atom. The molecule has 0 radical (unpaired) electrons. The van der Waals surface area contributed by atoms with E-state index in [0.29, 0.717) is 0 Å². The second-order valence-electron chi connectivity index (χ2n) is 10.4. The minimum atomic E-state index is 0.810. The number of rotatable bonds is 8. The van der Waals surface area contributed by atoms with E-state index in [-0.39, 0.29) is 0 Å². The van der Waals surface area contributed by atoms with Crippen molar-refractivity contribution >= 4 is 28.0 Å². The van der Waals surface area contributed by atoms with Gasteiger partial charge < -0.3 is 20.1 Å². The second-order valence-corrected chi connectivity index (χ2v) is 10.4. The first kappa shape index (κ1) is 26.3. The third-order valence-corrected chi connectivity index (χ3v) is 7.56. The van der Waals surface area contributed by atoms with Crippen LogP contribution in [0.3, 0.4) is 0 Å². The van der Waals surface area contributed by atoms with Gasteiger partial charge in [-0.3, -0.25) is 15.1 Å². The number of benzene rings is 1. The van der Waals surface area contributed by atoms with Crippen LogP contribution >= 0.6 is 0 Å². The summed E-state index contributed by atoms with van der Waals surface area (Å²) in [5.41, 5.74) is 10.5. The monoisotopic (exact) mass is 542 g/mol. The molecule has 0 aliphatic carbocycles. The molecule has 0 unspecified atom stereocenters. The van der Waals surface area contributed by atoms with Crippen molar-refractivity contribution in [2.45, 2.75) is 6.92 Å². The largest absolute Gasteiger partial charge is 0.368 e. The quantitative estimate of drug-likeness (QED) is 0.203. The maximum absolute atomic E-state index is 4.70. The first-order valence-electron chi connectivity index (χ1n) is 13.8. The van der Waals surface area contributed by atoms with Gasteiger partial charge in [0.15, 0.2) is 0 Å². The van der Waals surface area contributed by atoms with Crippen LogP contribution < -0.4 is 5.32 Å². The Kier molecular flexibility index (Phi) is 7.22. The Morgan fingerprint density at radius 2 is 1.83 bits per heavy atom. The van der Waals surface area contributed by atoms with Crippen LogP contribution in [0, 0.1) is 6.92 Å². The molecule has 1 aliphatic rings. The van der Waals surface area contributed by atoms with Crippen molar-refractivity contribution in [3.63, 3.8) is 0 Å². The lowest BCUT2D eigenvalue weighted by Gasteiger charge is -2.35. The summed E-state index contributed by atoms with van der Waals surface area (Å²) < 4.78 is 0. The van der Waals surface area contributed by atoms with E-state index in [1.165, 1.54) is 5.70 Å². The fourth-order valence-corrected chi connectivity index (χ4v) is 5.29. The molecule has 5 heterocycles. The molecule has 5 aromatic rings. The van der Waals surface area contributed by atoms with E-state index in [9.17, 15) is 0 Å². The number of likely N-dealkylation sites (N-methyl/N-ethyl adjacent to an activating group) is 1. The Hall–Kier alpha value is -4.95. The van der Waals surface area contributed by atoms with Crippen molar-refractivity contribution in [1.29, 1.82) is 0 Å². The van der Waals surface area contributed by atoms with E-state index < -0.39 is 0 Å². The van der Waals surface area contributed by atoms with Crippen LogP contribution in [0.15, 0.2) is 92.4 Å². The summed E-state index contributed by atoms with van der Waals surface area (Å²) in [6.45, 7) is 14.3. The third-order valence-electron chi connectivity index (χ3n) is 7.56. The second kappa shape index (κ2) is 11.3. The molecule has 1 aromatic carbocycles. The van der Waals surface area contributed by atoms with Gasteiger partial charge in [0.2, 0.25) is 0 Å². The number of anilines is 1. The molecule has 1 fully saturated rings. The summed E-state index contributed by atoms with van der Waals surface area (Å²) in [5.74, 6) is 0. The highest BCUT2D eigenvalue weighted by molar-refractivity contribution is 5.94. The van der Waals surface area contributed by atoms with E-state index in [4.69, 9.17) is 4.98 Å². The van der Waals surface area contributed by atoms with Gasteiger partial charge in [-0.15, -0.1) is 0 Å². The number of nitrogens with zero attached hydrogens (tertiary/aromatic N) is 5. The Labute approximate surface area is 240 Å². The first-order chi connectivity index (χ1) is 20.0. The molecule has 0 atom stereocenters. The van der Waals surface area contributed by atoms with E-state index in [2.05, 4.69) is 80.6 Å². The molecule has 41 heavy (non-hydrogen) atoms. The molecule has 8 heteroatoms. The predicted molar refractivity (Wildman–Crippen MR) is 168 cm³/mol. The van der Waals surface area contributed by atoms with E-state index in [1.807, 2.05) is 54.9 Å². The molecule has 0 bridgehead atoms. The Bertz CT molecular complexity index is 1740. The number of H-pyrrole nitrogens is 2. The average Bonchev–Trinajstić information content (AvgIpc) is 3.60. The molecule has 0 amide bonds. The zero-order chi connectivity index (χ0) is 28.3. The molecule has 4 aromatic heterocycles. The van der Waals surface area contributed by atoms with Crippen molar-refractivity contribution < 1.29 is 0 Å². The number of hydrogen-bond donors (Lipinski definition) is 3. The van der Waals surface area contributed by atoms with Gasteiger partial charge in [0.05, 0.1) is 35.0 Å². The van der Waals surface area contributed by atoms with Gasteiger partial charge in [-0.05, 0) is 43.8 Å². The van der Waals surface area contributed by atoms with Crippen molar-refractivity contribution in [3.8, 4) is 22.6 Å². The molecule has 0 saturated carbocycles. The van der Waals surface area contributed by atoms with Crippen LogP contribution in [0.2, 0.25) is 0 Å². The number of piperazine rings is 1. The molecule has 8 nitrogen and oxygen atoms in total. The molecular formula is C33H34N8. The van der Waals surface area contributed by atoms with Crippen molar-refractivity contribution in [2.75, 3.05) is 38.5 Å². The lowest BCUT2D eigenvalue weighted by molar-refractivity contribution is 0.207. The highest BCUT2D eigenvalue weighted by atomic mass is 15.3. The summed E-state index contributed by atoms with van der Waals surface area (Å²) in [6, 6.07) is 16.3. The van der Waals surface area contributed by atoms with Gasteiger partial charge in [-0.25, -0.2) is 0 Å². The molecule has 1 aliphatic heterocycles. The Balaban J connectivity index is 1.31. The summed E-state index contributed by atoms with van der Waals surface area (Å²) in [7, 11) is 2.17. The molecule has 206 valence electrons. The Morgan fingerprint density at radius 1 is 1.02 bits per heavy atom. The van der Waals surface area contributed by atoms with Crippen LogP contribution in [0.25, 0.3) is 44.9 Å². The number of allylic oxidation sites excluding steroid dienone is 2. The average molecular weight is 543 g/mol. The number of nitrogens with one attached hydrogen (secondary N) is 3. The zero-order valence-corrected chi connectivity index (χ0v) is 23.5. The highest BCUT2D eigenvalue weighted by Crippen LogP contribution is 2.33. The summed E-state index contributed by atoms with van der Waals surface area (Å²) in [5, 5.41) is 12.2. The molecule has 6 rings (SSSR count). The minimum absolute atomic E-state index is 0.810. The van der Waals surface area contributed by atoms with Gasteiger partial charge in [-0.1, -0.05) is 49.6 Å². The third kappa shape index (κ3) is 5.42. The van der Waals surface area contributed by atoms with Crippen LogP contribution in [-0.4, -0.2) is 68.2 Å². The van der Waals surface area contributed by atoms with Crippen LogP contribution in [0.1, 0.15) is 16.8 Å².